The number of likely N-dealkylation sites (tertiary alicyclic amines) is 1. The fraction of sp³-hybridized carbons (Fsp3) is 0.444. The van der Waals surface area contributed by atoms with Gasteiger partial charge in [-0.2, -0.15) is 0 Å². The number of carbonyl (C=O) groups is 1. The summed E-state index contributed by atoms with van der Waals surface area (Å²) in [6, 6.07) is 7.81. The summed E-state index contributed by atoms with van der Waals surface area (Å²) in [5, 5.41) is 3.49. The Kier molecular flexibility index (Phi) is 4.31. The van der Waals surface area contributed by atoms with Crippen LogP contribution in [0.4, 0.5) is 5.82 Å². The summed E-state index contributed by atoms with van der Waals surface area (Å²) < 4.78 is 6.12. The Bertz CT molecular complexity index is 727. The van der Waals surface area contributed by atoms with E-state index in [4.69, 9.17) is 4.74 Å². The van der Waals surface area contributed by atoms with E-state index in [1.165, 1.54) is 6.33 Å². The molecular weight excluding hydrogens is 318 g/mol. The van der Waals surface area contributed by atoms with Crippen molar-refractivity contribution in [2.45, 2.75) is 30.9 Å². The fourth-order valence-electron chi connectivity index (χ4n) is 3.69. The Hall–Kier alpha value is -2.54. The zero-order valence-electron chi connectivity index (χ0n) is 14.0. The van der Waals surface area contributed by atoms with Crippen molar-refractivity contribution in [3.63, 3.8) is 0 Å². The van der Waals surface area contributed by atoms with Crippen LogP contribution in [0.2, 0.25) is 0 Å². The highest BCUT2D eigenvalue weighted by Gasteiger charge is 2.45. The molecule has 0 aromatic carbocycles. The lowest BCUT2D eigenvalue weighted by Gasteiger charge is -2.38. The van der Waals surface area contributed by atoms with Gasteiger partial charge in [-0.3, -0.25) is 4.79 Å². The minimum atomic E-state index is -0.270. The van der Waals surface area contributed by atoms with Crippen molar-refractivity contribution in [1.29, 1.82) is 0 Å². The largest absolute Gasteiger partial charge is 0.373 e. The zero-order chi connectivity index (χ0) is 17.1. The smallest absolute Gasteiger partial charge is 0.272 e. The van der Waals surface area contributed by atoms with Gasteiger partial charge in [-0.05, 0) is 37.5 Å². The van der Waals surface area contributed by atoms with Crippen LogP contribution in [0.3, 0.4) is 0 Å². The summed E-state index contributed by atoms with van der Waals surface area (Å²) in [7, 11) is 0. The first kappa shape index (κ1) is 16.0. The highest BCUT2D eigenvalue weighted by molar-refractivity contribution is 5.92. The molecule has 4 rings (SSSR count). The third-order valence-corrected chi connectivity index (χ3v) is 4.91. The molecule has 0 aliphatic carbocycles. The summed E-state index contributed by atoms with van der Waals surface area (Å²) in [6.45, 7) is 2.00. The number of hydrogen-bond donors (Lipinski definition) is 1. The number of ether oxygens (including phenoxy) is 1. The van der Waals surface area contributed by atoms with Gasteiger partial charge in [-0.25, -0.2) is 15.0 Å². The van der Waals surface area contributed by atoms with Gasteiger partial charge in [-0.1, -0.05) is 6.07 Å². The van der Waals surface area contributed by atoms with Crippen molar-refractivity contribution in [2.75, 3.05) is 25.0 Å². The number of nitrogens with one attached hydrogen (secondary N) is 1. The van der Waals surface area contributed by atoms with E-state index >= 15 is 0 Å². The number of pyridine rings is 1. The summed E-state index contributed by atoms with van der Waals surface area (Å²) in [5.41, 5.74) is 0.166. The average Bonchev–Trinajstić information content (AvgIpc) is 3.06. The molecule has 4 heterocycles. The highest BCUT2D eigenvalue weighted by atomic mass is 16.5. The van der Waals surface area contributed by atoms with Crippen LogP contribution in [0.5, 0.6) is 0 Å². The minimum Gasteiger partial charge on any atom is -0.373 e. The number of aromatic nitrogens is 3. The summed E-state index contributed by atoms with van der Waals surface area (Å²) in [5.74, 6) is 0.833. The van der Waals surface area contributed by atoms with Gasteiger partial charge in [0.1, 0.15) is 17.8 Å². The van der Waals surface area contributed by atoms with E-state index in [2.05, 4.69) is 20.3 Å². The third-order valence-electron chi connectivity index (χ3n) is 4.91. The minimum absolute atomic E-state index is 0.0531. The average molecular weight is 339 g/mol. The van der Waals surface area contributed by atoms with Gasteiger partial charge < -0.3 is 15.0 Å². The molecule has 1 amide bonds. The van der Waals surface area contributed by atoms with E-state index in [9.17, 15) is 4.79 Å². The van der Waals surface area contributed by atoms with Crippen molar-refractivity contribution in [1.82, 2.24) is 19.9 Å². The first-order valence-electron chi connectivity index (χ1n) is 8.61. The predicted molar refractivity (Wildman–Crippen MR) is 92.1 cm³/mol. The molecule has 7 heteroatoms. The van der Waals surface area contributed by atoms with Crippen LogP contribution in [0, 0.1) is 0 Å². The van der Waals surface area contributed by atoms with Crippen molar-refractivity contribution in [2.24, 2.45) is 0 Å². The molecule has 2 aromatic heterocycles. The molecular formula is C18H21N5O2. The first-order chi connectivity index (χ1) is 12.2. The summed E-state index contributed by atoms with van der Waals surface area (Å²) in [6.07, 6.45) is 7.45. The molecule has 2 aromatic rings. The maximum atomic E-state index is 12.6. The standard InChI is InChI=1S/C18H21N5O2/c24-17(15-4-8-19-13-21-15)23-9-6-18(12-23)11-14(5-10-25-18)22-16-3-1-2-7-20-16/h1-4,7-8,13-14H,5-6,9-12H2,(H,20,22)/t14-,18-/m1/s1. The van der Waals surface area contributed by atoms with E-state index in [1.54, 1.807) is 18.5 Å². The molecule has 0 unspecified atom stereocenters. The van der Waals surface area contributed by atoms with E-state index in [-0.39, 0.29) is 11.5 Å². The molecule has 7 nitrogen and oxygen atoms in total. The van der Waals surface area contributed by atoms with Crippen molar-refractivity contribution >= 4 is 11.7 Å². The number of hydrogen-bond acceptors (Lipinski definition) is 6. The molecule has 130 valence electrons. The van der Waals surface area contributed by atoms with Crippen LogP contribution in [0.15, 0.2) is 43.0 Å². The van der Waals surface area contributed by atoms with Crippen LogP contribution in [0.25, 0.3) is 0 Å². The van der Waals surface area contributed by atoms with Gasteiger partial charge in [0.2, 0.25) is 0 Å². The lowest BCUT2D eigenvalue weighted by Crippen LogP contribution is -2.47. The molecule has 25 heavy (non-hydrogen) atoms. The monoisotopic (exact) mass is 339 g/mol. The summed E-state index contributed by atoms with van der Waals surface area (Å²) in [4.78, 5) is 26.7. The van der Waals surface area contributed by atoms with Crippen LogP contribution >= 0.6 is 0 Å². The molecule has 1 N–H and O–H groups in total. The lowest BCUT2D eigenvalue weighted by molar-refractivity contribution is -0.0721. The Balaban J connectivity index is 1.41. The molecule has 2 fully saturated rings. The second kappa shape index (κ2) is 6.76. The third kappa shape index (κ3) is 3.46. The topological polar surface area (TPSA) is 80.2 Å². The SMILES string of the molecule is O=C(c1ccncn1)N1CC[C@@]2(C[C@H](Nc3ccccn3)CCO2)C1. The summed E-state index contributed by atoms with van der Waals surface area (Å²) >= 11 is 0. The van der Waals surface area contributed by atoms with Crippen LogP contribution in [-0.2, 0) is 4.74 Å². The number of nitrogens with zero attached hydrogens (tertiary/aromatic N) is 4. The number of amides is 1. The van der Waals surface area contributed by atoms with Gasteiger partial charge in [0.05, 0.1) is 12.1 Å². The Morgan fingerprint density at radius 2 is 2.24 bits per heavy atom. The molecule has 2 aliphatic heterocycles. The molecule has 2 aliphatic rings. The van der Waals surface area contributed by atoms with E-state index in [0.29, 0.717) is 31.4 Å². The Morgan fingerprint density at radius 3 is 3.04 bits per heavy atom. The van der Waals surface area contributed by atoms with Crippen LogP contribution < -0.4 is 5.32 Å². The molecule has 1 spiro atoms. The van der Waals surface area contributed by atoms with Crippen LogP contribution in [-0.4, -0.2) is 57.1 Å². The highest BCUT2D eigenvalue weighted by Crippen LogP contribution is 2.35. The second-order valence-electron chi connectivity index (χ2n) is 6.65. The maximum Gasteiger partial charge on any atom is 0.272 e. The number of carbonyl (C=O) groups excluding carboxylic acids is 1. The molecule has 0 bridgehead atoms. The Morgan fingerprint density at radius 1 is 1.28 bits per heavy atom. The zero-order valence-corrected chi connectivity index (χ0v) is 14.0. The van der Waals surface area contributed by atoms with Gasteiger partial charge in [0, 0.05) is 31.6 Å². The van der Waals surface area contributed by atoms with Gasteiger partial charge in [0.15, 0.2) is 0 Å². The normalized spacial score (nSPS) is 25.9. The van der Waals surface area contributed by atoms with Crippen molar-refractivity contribution in [3.05, 3.63) is 48.7 Å². The van der Waals surface area contributed by atoms with Gasteiger partial charge in [0.25, 0.3) is 5.91 Å². The molecule has 2 saturated heterocycles. The van der Waals surface area contributed by atoms with Gasteiger partial charge in [-0.15, -0.1) is 0 Å². The number of anilines is 1. The maximum absolute atomic E-state index is 12.6. The van der Waals surface area contributed by atoms with E-state index < -0.39 is 0 Å². The molecule has 0 radical (unpaired) electrons. The molecule has 0 saturated carbocycles. The number of rotatable bonds is 3. The van der Waals surface area contributed by atoms with Crippen LogP contribution in [0.1, 0.15) is 29.8 Å². The van der Waals surface area contributed by atoms with E-state index in [1.807, 2.05) is 23.1 Å². The van der Waals surface area contributed by atoms with Crippen molar-refractivity contribution < 1.29 is 9.53 Å². The predicted octanol–water partition coefficient (Wildman–Crippen LogP) is 1.75. The Labute approximate surface area is 146 Å². The van der Waals surface area contributed by atoms with E-state index in [0.717, 1.165) is 25.1 Å². The molecule has 2 atom stereocenters. The van der Waals surface area contributed by atoms with Gasteiger partial charge >= 0.3 is 0 Å². The first-order valence-corrected chi connectivity index (χ1v) is 8.61. The van der Waals surface area contributed by atoms with Crippen molar-refractivity contribution in [3.8, 4) is 0 Å². The fourth-order valence-corrected chi connectivity index (χ4v) is 3.69. The quantitative estimate of drug-likeness (QED) is 0.918. The lowest BCUT2D eigenvalue weighted by atomic mass is 9.89. The second-order valence-corrected chi connectivity index (χ2v) is 6.65.